The van der Waals surface area contributed by atoms with Gasteiger partial charge in [-0.05, 0) is 31.9 Å². The van der Waals surface area contributed by atoms with Gasteiger partial charge >= 0.3 is 0 Å². The number of carbonyl (C=O) groups is 1. The zero-order valence-corrected chi connectivity index (χ0v) is 11.2. The third-order valence-electron chi connectivity index (χ3n) is 3.39. The monoisotopic (exact) mass is 274 g/mol. The lowest BCUT2D eigenvalue weighted by atomic mass is 10.1. The molecule has 0 atom stereocenters. The molecule has 3 rings (SSSR count). The average molecular weight is 274 g/mol. The van der Waals surface area contributed by atoms with Gasteiger partial charge in [-0.3, -0.25) is 4.79 Å². The van der Waals surface area contributed by atoms with Gasteiger partial charge in [0.05, 0.1) is 23.8 Å². The minimum Gasteiger partial charge on any atom is -0.486 e. The van der Waals surface area contributed by atoms with Crippen LogP contribution in [0.5, 0.6) is 5.75 Å². The fraction of sp³-hybridized carbons (Fsp3) is 0.333. The lowest BCUT2D eigenvalue weighted by Gasteiger charge is -2.11. The lowest BCUT2D eigenvalue weighted by Crippen LogP contribution is -2.06. The Bertz CT molecular complexity index is 647. The maximum absolute atomic E-state index is 13.3. The van der Waals surface area contributed by atoms with Crippen LogP contribution in [0.4, 0.5) is 4.39 Å². The topological polar surface area (TPSA) is 44.1 Å². The van der Waals surface area contributed by atoms with Crippen LogP contribution < -0.4 is 4.74 Å². The van der Waals surface area contributed by atoms with E-state index in [-0.39, 0.29) is 18.1 Å². The van der Waals surface area contributed by atoms with Crippen LogP contribution in [0.25, 0.3) is 0 Å². The predicted molar refractivity (Wildman–Crippen MR) is 71.2 cm³/mol. The van der Waals surface area contributed by atoms with Crippen molar-refractivity contribution in [2.24, 2.45) is 0 Å². The summed E-state index contributed by atoms with van der Waals surface area (Å²) in [5, 5.41) is 0. The number of hydrogen-bond donors (Lipinski definition) is 0. The molecule has 0 aliphatic heterocycles. The Kier molecular flexibility index (Phi) is 3.26. The Morgan fingerprint density at radius 1 is 1.50 bits per heavy atom. The minimum absolute atomic E-state index is 0.143. The number of carbonyl (C=O) groups excluding carboxylic acids is 1. The standard InChI is InChI=1S/C15H15FN2O2/c1-10(19)14-5-2-11(16)6-15(14)20-8-13-7-17-9-18(13)12-3-4-12/h2,5-7,9,12H,3-4,8H2,1H3. The second-order valence-electron chi connectivity index (χ2n) is 5.01. The number of rotatable bonds is 5. The first kappa shape index (κ1) is 12.8. The Balaban J connectivity index is 1.79. The Morgan fingerprint density at radius 2 is 2.30 bits per heavy atom. The SMILES string of the molecule is CC(=O)c1ccc(F)cc1OCc1cncn1C1CC1. The molecule has 1 aliphatic carbocycles. The molecule has 0 unspecified atom stereocenters. The molecule has 0 amide bonds. The van der Waals surface area contributed by atoms with Crippen LogP contribution in [-0.4, -0.2) is 15.3 Å². The van der Waals surface area contributed by atoms with Gasteiger partial charge in [-0.25, -0.2) is 9.37 Å². The summed E-state index contributed by atoms with van der Waals surface area (Å²) in [7, 11) is 0. The molecule has 2 aromatic rings. The van der Waals surface area contributed by atoms with Gasteiger partial charge in [0.1, 0.15) is 18.2 Å². The summed E-state index contributed by atoms with van der Waals surface area (Å²) in [5.41, 5.74) is 1.33. The summed E-state index contributed by atoms with van der Waals surface area (Å²) < 4.78 is 21.0. The fourth-order valence-electron chi connectivity index (χ4n) is 2.18. The van der Waals surface area contributed by atoms with E-state index in [1.54, 1.807) is 12.5 Å². The Hall–Kier alpha value is -2.17. The van der Waals surface area contributed by atoms with E-state index >= 15 is 0 Å². The maximum atomic E-state index is 13.3. The van der Waals surface area contributed by atoms with E-state index in [1.165, 1.54) is 25.1 Å². The molecule has 0 radical (unpaired) electrons. The molecule has 104 valence electrons. The van der Waals surface area contributed by atoms with Gasteiger partial charge in [0.25, 0.3) is 0 Å². The van der Waals surface area contributed by atoms with E-state index in [2.05, 4.69) is 9.55 Å². The van der Waals surface area contributed by atoms with Crippen molar-refractivity contribution < 1.29 is 13.9 Å². The van der Waals surface area contributed by atoms with Crippen LogP contribution in [0.1, 0.15) is 41.9 Å². The maximum Gasteiger partial charge on any atom is 0.163 e. The third-order valence-corrected chi connectivity index (χ3v) is 3.39. The van der Waals surface area contributed by atoms with Gasteiger partial charge in [-0.15, -0.1) is 0 Å². The van der Waals surface area contributed by atoms with Gasteiger partial charge in [0, 0.05) is 12.1 Å². The summed E-state index contributed by atoms with van der Waals surface area (Å²) in [6.07, 6.45) is 5.84. The number of halogens is 1. The van der Waals surface area contributed by atoms with Crippen molar-refractivity contribution in [3.63, 3.8) is 0 Å². The summed E-state index contributed by atoms with van der Waals surface area (Å²) >= 11 is 0. The summed E-state index contributed by atoms with van der Waals surface area (Å²) in [6, 6.07) is 4.47. The van der Waals surface area contributed by atoms with Gasteiger partial charge in [-0.2, -0.15) is 0 Å². The van der Waals surface area contributed by atoms with Gasteiger partial charge in [0.15, 0.2) is 5.78 Å². The summed E-state index contributed by atoms with van der Waals surface area (Å²) in [6.45, 7) is 1.72. The molecule has 20 heavy (non-hydrogen) atoms. The van der Waals surface area contributed by atoms with Crippen molar-refractivity contribution in [3.05, 3.63) is 47.8 Å². The molecule has 1 aliphatic rings. The highest BCUT2D eigenvalue weighted by Crippen LogP contribution is 2.35. The van der Waals surface area contributed by atoms with E-state index in [0.29, 0.717) is 11.6 Å². The van der Waals surface area contributed by atoms with Crippen LogP contribution in [0, 0.1) is 5.82 Å². The number of imidazole rings is 1. The first-order chi connectivity index (χ1) is 9.65. The summed E-state index contributed by atoms with van der Waals surface area (Å²) in [4.78, 5) is 15.6. The summed E-state index contributed by atoms with van der Waals surface area (Å²) in [5.74, 6) is -0.280. The smallest absolute Gasteiger partial charge is 0.163 e. The second kappa shape index (κ2) is 5.07. The van der Waals surface area contributed by atoms with Gasteiger partial charge in [-0.1, -0.05) is 0 Å². The van der Waals surface area contributed by atoms with Crippen molar-refractivity contribution in [1.29, 1.82) is 0 Å². The predicted octanol–water partition coefficient (Wildman–Crippen LogP) is 3.14. The normalized spacial score (nSPS) is 14.3. The molecule has 0 spiro atoms. The molecule has 1 heterocycles. The highest BCUT2D eigenvalue weighted by Gasteiger charge is 2.25. The minimum atomic E-state index is -0.416. The molecule has 0 bridgehead atoms. The first-order valence-electron chi connectivity index (χ1n) is 6.59. The van der Waals surface area contributed by atoms with Gasteiger partial charge < -0.3 is 9.30 Å². The third kappa shape index (κ3) is 2.57. The molecule has 1 aromatic heterocycles. The van der Waals surface area contributed by atoms with Crippen LogP contribution in [0.2, 0.25) is 0 Å². The number of ether oxygens (including phenoxy) is 1. The number of Topliss-reactive ketones (excluding diaryl/α,β-unsaturated/α-hetero) is 1. The Morgan fingerprint density at radius 3 is 3.00 bits per heavy atom. The number of aromatic nitrogens is 2. The molecule has 0 N–H and O–H groups in total. The highest BCUT2D eigenvalue weighted by atomic mass is 19.1. The average Bonchev–Trinajstić information content (AvgIpc) is 3.15. The number of hydrogen-bond acceptors (Lipinski definition) is 3. The van der Waals surface area contributed by atoms with Crippen LogP contribution in [0.15, 0.2) is 30.7 Å². The van der Waals surface area contributed by atoms with E-state index in [1.807, 2.05) is 0 Å². The van der Waals surface area contributed by atoms with E-state index in [0.717, 1.165) is 18.5 Å². The van der Waals surface area contributed by atoms with Crippen LogP contribution in [-0.2, 0) is 6.61 Å². The molecular weight excluding hydrogens is 259 g/mol. The van der Waals surface area contributed by atoms with Crippen molar-refractivity contribution in [3.8, 4) is 5.75 Å². The number of benzene rings is 1. The molecule has 0 saturated heterocycles. The van der Waals surface area contributed by atoms with E-state index < -0.39 is 5.82 Å². The molecule has 1 saturated carbocycles. The Labute approximate surface area is 116 Å². The fourth-order valence-corrected chi connectivity index (χ4v) is 2.18. The lowest BCUT2D eigenvalue weighted by molar-refractivity contribution is 0.101. The van der Waals surface area contributed by atoms with Crippen molar-refractivity contribution in [2.75, 3.05) is 0 Å². The van der Waals surface area contributed by atoms with E-state index in [4.69, 9.17) is 4.74 Å². The van der Waals surface area contributed by atoms with Crippen LogP contribution in [0.3, 0.4) is 0 Å². The molecule has 1 aromatic carbocycles. The van der Waals surface area contributed by atoms with Crippen molar-refractivity contribution in [2.45, 2.75) is 32.4 Å². The van der Waals surface area contributed by atoms with Gasteiger partial charge in [0.2, 0.25) is 0 Å². The van der Waals surface area contributed by atoms with Crippen molar-refractivity contribution >= 4 is 5.78 Å². The quantitative estimate of drug-likeness (QED) is 0.787. The molecular formula is C15H15FN2O2. The largest absolute Gasteiger partial charge is 0.486 e. The number of nitrogens with zero attached hydrogens (tertiary/aromatic N) is 2. The molecule has 4 nitrogen and oxygen atoms in total. The molecule has 5 heteroatoms. The zero-order chi connectivity index (χ0) is 14.1. The van der Waals surface area contributed by atoms with Crippen LogP contribution >= 0.6 is 0 Å². The first-order valence-corrected chi connectivity index (χ1v) is 6.59. The van der Waals surface area contributed by atoms with E-state index in [9.17, 15) is 9.18 Å². The number of ketones is 1. The zero-order valence-electron chi connectivity index (χ0n) is 11.2. The highest BCUT2D eigenvalue weighted by molar-refractivity contribution is 5.96. The van der Waals surface area contributed by atoms with Crippen molar-refractivity contribution in [1.82, 2.24) is 9.55 Å². The second-order valence-corrected chi connectivity index (χ2v) is 5.01. The molecule has 1 fully saturated rings.